The van der Waals surface area contributed by atoms with Gasteiger partial charge in [0.1, 0.15) is 34.3 Å². The van der Waals surface area contributed by atoms with Crippen molar-refractivity contribution in [2.24, 2.45) is 0 Å². The predicted octanol–water partition coefficient (Wildman–Crippen LogP) is 6.22. The first-order valence-corrected chi connectivity index (χ1v) is 22.6. The largest absolute Gasteiger partial charge is 0.573 e. The van der Waals surface area contributed by atoms with Gasteiger partial charge in [0, 0.05) is 50.8 Å². The number of hydrogen-bond donors (Lipinski definition) is 6. The van der Waals surface area contributed by atoms with Crippen LogP contribution in [0.2, 0.25) is 0 Å². The number of para-hydroxylation sites is 1. The number of oxazole rings is 2. The Morgan fingerprint density at radius 2 is 1.03 bits per heavy atom. The van der Waals surface area contributed by atoms with E-state index in [0.29, 0.717) is 45.8 Å². The van der Waals surface area contributed by atoms with Crippen molar-refractivity contribution >= 4 is 57.1 Å². The van der Waals surface area contributed by atoms with Crippen LogP contribution in [0.25, 0.3) is 33.5 Å². The molecule has 0 aliphatic carbocycles. The Labute approximate surface area is 429 Å². The monoisotopic (exact) mass is 1080 g/mol. The highest BCUT2D eigenvalue weighted by Crippen LogP contribution is 2.27. The molecule has 0 spiro atoms. The molecule has 0 fully saturated rings. The molecule has 4 amide bonds. The molecule has 6 heterocycles. The van der Waals surface area contributed by atoms with Crippen molar-refractivity contribution in [3.05, 3.63) is 187 Å². The Balaban J connectivity index is 0.000000190. The Morgan fingerprint density at radius 3 is 1.51 bits per heavy atom. The molecule has 29 heteroatoms. The predicted molar refractivity (Wildman–Crippen MR) is 255 cm³/mol. The van der Waals surface area contributed by atoms with E-state index in [9.17, 15) is 59.5 Å². The number of rotatable bonds is 15. The number of ether oxygens (including phenoxy) is 2. The summed E-state index contributed by atoms with van der Waals surface area (Å²) in [4.78, 5) is 87.2. The van der Waals surface area contributed by atoms with Crippen LogP contribution < -0.4 is 42.3 Å². The van der Waals surface area contributed by atoms with Crippen LogP contribution in [0, 0.1) is 11.6 Å². The molecule has 0 aliphatic heterocycles. The molecule has 22 nitrogen and oxygen atoms in total. The first kappa shape index (κ1) is 52.5. The summed E-state index contributed by atoms with van der Waals surface area (Å²) in [5.74, 6) is -6.52. The van der Waals surface area contributed by atoms with Gasteiger partial charge < -0.3 is 39.6 Å². The van der Waals surface area contributed by atoms with E-state index >= 15 is 0 Å². The zero-order chi connectivity index (χ0) is 55.5. The Morgan fingerprint density at radius 1 is 0.577 bits per heavy atom. The lowest BCUT2D eigenvalue weighted by atomic mass is 10.2. The van der Waals surface area contributed by atoms with Crippen molar-refractivity contribution in [2.45, 2.75) is 45.6 Å². The maximum absolute atomic E-state index is 14.3. The molecule has 0 radical (unpaired) electrons. The van der Waals surface area contributed by atoms with E-state index in [1.54, 1.807) is 36.4 Å². The van der Waals surface area contributed by atoms with E-state index in [2.05, 4.69) is 60.9 Å². The molecule has 0 unspecified atom stereocenters. The first-order valence-electron chi connectivity index (χ1n) is 22.6. The van der Waals surface area contributed by atoms with Gasteiger partial charge in [-0.1, -0.05) is 42.5 Å². The van der Waals surface area contributed by atoms with Gasteiger partial charge in [-0.05, 0) is 59.2 Å². The van der Waals surface area contributed by atoms with Crippen molar-refractivity contribution in [3.63, 3.8) is 0 Å². The summed E-state index contributed by atoms with van der Waals surface area (Å²) in [5, 5.41) is 17.8. The van der Waals surface area contributed by atoms with Crippen molar-refractivity contribution in [1.29, 1.82) is 0 Å². The number of H-pyrrole nitrogens is 2. The average molecular weight is 1080 g/mol. The van der Waals surface area contributed by atoms with Gasteiger partial charge in [-0.3, -0.25) is 29.1 Å². The third-order valence-corrected chi connectivity index (χ3v) is 11.0. The molecule has 0 saturated carbocycles. The summed E-state index contributed by atoms with van der Waals surface area (Å²) in [6.07, 6.45) is -6.61. The summed E-state index contributed by atoms with van der Waals surface area (Å²) in [6, 6.07) is 22.7. The van der Waals surface area contributed by atoms with Crippen molar-refractivity contribution < 1.29 is 68.2 Å². The first-order chi connectivity index (χ1) is 37.1. The fourth-order valence-corrected chi connectivity index (χ4v) is 7.49. The van der Waals surface area contributed by atoms with Gasteiger partial charge >= 0.3 is 24.0 Å². The number of nitrogens with one attached hydrogen (secondary N) is 6. The fourth-order valence-electron chi connectivity index (χ4n) is 7.49. The molecule has 0 aliphatic rings. The molecule has 6 aromatic heterocycles. The number of benzene rings is 4. The van der Waals surface area contributed by atoms with E-state index in [-0.39, 0.29) is 65.9 Å². The number of hydrogen-bond acceptors (Lipinski definition) is 14. The highest BCUT2D eigenvalue weighted by Gasteiger charge is 2.32. The number of nitrogens with zero attached hydrogens (tertiary/aromatic N) is 6. The third kappa shape index (κ3) is 12.4. The Bertz CT molecular complexity index is 4050. The number of carbonyl (C=O) groups excluding carboxylic acids is 4. The third-order valence-electron chi connectivity index (χ3n) is 11.0. The molecule has 10 rings (SSSR count). The smallest absolute Gasteiger partial charge is 0.433 e. The SMILES string of the molecule is CC(F)(F)Oc1ccc(CNC(=O)c2cc(C(=O)NCc3ccc4oc(=O)[nH]c4c3)nc3c(F)cnn23)cc1.O=C(NCc1ccc2oc(=O)[nH]c2c1)c1cc(C(=O)NCc2ccccc2OC(F)(F)F)n2ncc(F)c2n1. The van der Waals surface area contributed by atoms with E-state index < -0.39 is 70.6 Å². The summed E-state index contributed by atoms with van der Waals surface area (Å²) in [6.45, 7) is 0.274. The van der Waals surface area contributed by atoms with Gasteiger partial charge in [-0.25, -0.2) is 37.4 Å². The van der Waals surface area contributed by atoms with Gasteiger partial charge in [0.05, 0.1) is 23.4 Å². The number of alkyl halides is 5. The summed E-state index contributed by atoms with van der Waals surface area (Å²) in [7, 11) is 0. The van der Waals surface area contributed by atoms with Crippen LogP contribution in [0.1, 0.15) is 71.1 Å². The molecule has 6 N–H and O–H groups in total. The lowest BCUT2D eigenvalue weighted by molar-refractivity contribution is -0.274. The minimum Gasteiger partial charge on any atom is -0.433 e. The Hall–Kier alpha value is -10.4. The zero-order valence-corrected chi connectivity index (χ0v) is 39.6. The maximum Gasteiger partial charge on any atom is 0.573 e. The van der Waals surface area contributed by atoms with Gasteiger partial charge in [0.25, 0.3) is 23.6 Å². The van der Waals surface area contributed by atoms with E-state index in [1.165, 1.54) is 48.5 Å². The van der Waals surface area contributed by atoms with Crippen molar-refractivity contribution in [3.8, 4) is 11.5 Å². The molecule has 4 aromatic carbocycles. The van der Waals surface area contributed by atoms with E-state index in [4.69, 9.17) is 8.83 Å². The standard InChI is InChI=1S/C25H19F3N6O5.C24H16F4N6O5/c1-25(27,28)39-15-5-2-13(3-6-15)10-30-23(36)19-9-18(32-21-16(26)12-31-34(19)21)22(35)29-11-14-4-7-20-17(8-14)33-24(37)38-20;25-14-11-31-34-17(22(36)30-10-13-3-1-2-4-18(13)39-24(26,27)28)8-16(32-20(14)34)21(35)29-9-12-5-6-19-15(7-12)33-23(37)38-19/h2-9,12H,10-11H2,1H3,(H,29,35)(H,30,36)(H,33,37);1-8,11H,9-10H2,(H,29,35)(H,30,36)(H,33,37). The molecule has 400 valence electrons. The van der Waals surface area contributed by atoms with Crippen LogP contribution in [-0.2, 0) is 26.2 Å². The summed E-state index contributed by atoms with van der Waals surface area (Å²) < 4.78 is 113. The van der Waals surface area contributed by atoms with Crippen LogP contribution in [0.15, 0.2) is 128 Å². The number of halogens is 7. The van der Waals surface area contributed by atoms with Gasteiger partial charge in [0.2, 0.25) is 0 Å². The average Bonchev–Trinajstić information content (AvgIpc) is 4.25. The number of fused-ring (bicyclic) bond motifs is 4. The second-order valence-electron chi connectivity index (χ2n) is 16.6. The molecular formula is C49H35F7N12O10. The molecule has 10 aromatic rings. The van der Waals surface area contributed by atoms with Crippen LogP contribution in [0.4, 0.5) is 30.7 Å². The lowest BCUT2D eigenvalue weighted by Crippen LogP contribution is -2.29. The van der Waals surface area contributed by atoms with Crippen molar-refractivity contribution in [2.75, 3.05) is 0 Å². The van der Waals surface area contributed by atoms with E-state index in [1.807, 2.05) is 0 Å². The van der Waals surface area contributed by atoms with Crippen LogP contribution in [0.5, 0.6) is 11.5 Å². The number of carbonyl (C=O) groups is 4. The molecule has 0 atom stereocenters. The van der Waals surface area contributed by atoms with Gasteiger partial charge in [-0.2, -0.15) is 19.0 Å². The number of aromatic amines is 2. The molecule has 78 heavy (non-hydrogen) atoms. The minimum absolute atomic E-state index is 0.00465. The highest BCUT2D eigenvalue weighted by molar-refractivity contribution is 5.99. The van der Waals surface area contributed by atoms with Crippen LogP contribution in [0.3, 0.4) is 0 Å². The molecule has 0 bridgehead atoms. The molecular weight excluding hydrogens is 1050 g/mol. The fraction of sp³-hybridized carbons (Fsp3) is 0.143. The quantitative estimate of drug-likeness (QED) is 0.0622. The summed E-state index contributed by atoms with van der Waals surface area (Å²) in [5.41, 5.74) is 1.68. The Kier molecular flexibility index (Phi) is 14.5. The maximum atomic E-state index is 14.3. The van der Waals surface area contributed by atoms with Gasteiger partial charge in [0.15, 0.2) is 34.1 Å². The lowest BCUT2D eigenvalue weighted by Gasteiger charge is -2.14. The second-order valence-corrected chi connectivity index (χ2v) is 16.6. The van der Waals surface area contributed by atoms with Gasteiger partial charge in [-0.15, -0.1) is 13.2 Å². The number of amides is 4. The zero-order valence-electron chi connectivity index (χ0n) is 39.6. The topological polar surface area (TPSA) is 287 Å². The normalized spacial score (nSPS) is 11.6. The van der Waals surface area contributed by atoms with Crippen LogP contribution >= 0.6 is 0 Å². The van der Waals surface area contributed by atoms with Crippen LogP contribution in [-0.4, -0.2) is 75.3 Å². The summed E-state index contributed by atoms with van der Waals surface area (Å²) >= 11 is 0. The van der Waals surface area contributed by atoms with E-state index in [0.717, 1.165) is 33.6 Å². The molecule has 0 saturated heterocycles. The highest BCUT2D eigenvalue weighted by atomic mass is 19.4. The van der Waals surface area contributed by atoms with Crippen molar-refractivity contribution in [1.82, 2.24) is 60.4 Å². The minimum atomic E-state index is -4.94. The second kappa shape index (κ2) is 21.5. The number of aromatic nitrogens is 8.